The Balaban J connectivity index is 0.000000225. The van der Waals surface area contributed by atoms with E-state index in [0.29, 0.717) is 18.1 Å². The summed E-state index contributed by atoms with van der Waals surface area (Å²) in [5, 5.41) is 8.51. The molecule has 9 rings (SSSR count). The molecule has 9 aromatic carbocycles. The van der Waals surface area contributed by atoms with Crippen LogP contribution in [0.25, 0.3) is 22.3 Å². The van der Waals surface area contributed by atoms with Crippen LogP contribution in [0.4, 0.5) is 79.0 Å². The van der Waals surface area contributed by atoms with E-state index in [9.17, 15) is 83.8 Å². The molecule has 0 aliphatic rings. The summed E-state index contributed by atoms with van der Waals surface area (Å²) >= 11 is 0. The molecule has 0 aliphatic carbocycles. The lowest BCUT2D eigenvalue weighted by atomic mass is 9.73. The predicted octanol–water partition coefficient (Wildman–Crippen LogP) is 20.1. The lowest BCUT2D eigenvalue weighted by Crippen LogP contribution is -2.54. The fourth-order valence-corrected chi connectivity index (χ4v) is 7.61. The summed E-state index contributed by atoms with van der Waals surface area (Å²) in [4.78, 5) is 10.4. The number of carboxylic acid groups (broad SMARTS) is 1. The zero-order valence-electron chi connectivity index (χ0n) is 44.9. The van der Waals surface area contributed by atoms with Crippen LogP contribution >= 0.6 is 0 Å². The molecular formula is C64H48F18O2. The van der Waals surface area contributed by atoms with Crippen molar-refractivity contribution in [1.82, 2.24) is 0 Å². The number of hydrogen-bond acceptors (Lipinski definition) is 1. The second-order valence-corrected chi connectivity index (χ2v) is 18.2. The van der Waals surface area contributed by atoms with E-state index in [1.54, 1.807) is 25.1 Å². The van der Waals surface area contributed by atoms with E-state index in [1.807, 2.05) is 37.3 Å². The van der Waals surface area contributed by atoms with Gasteiger partial charge >= 0.3 is 18.3 Å². The molecule has 0 bridgehead atoms. The van der Waals surface area contributed by atoms with Gasteiger partial charge in [0.25, 0.3) is 0 Å². The van der Waals surface area contributed by atoms with Gasteiger partial charge in [-0.05, 0) is 75.9 Å². The molecule has 0 fully saturated rings. The molecular weight excluding hydrogens is 1140 g/mol. The van der Waals surface area contributed by atoms with Crippen molar-refractivity contribution in [2.75, 3.05) is 0 Å². The van der Waals surface area contributed by atoms with Gasteiger partial charge in [0.15, 0.2) is 69.8 Å². The molecule has 0 radical (unpaired) electrons. The Bertz CT molecular complexity index is 3530. The van der Waals surface area contributed by atoms with Crippen LogP contribution in [0.15, 0.2) is 176 Å². The normalized spacial score (nSPS) is 11.0. The Labute approximate surface area is 471 Å². The van der Waals surface area contributed by atoms with Crippen LogP contribution in [0, 0.1) is 111 Å². The first-order valence-electron chi connectivity index (χ1n) is 24.4. The standard InChI is InChI=1S/C16H12F6.C13H4F8.C13H12.C8H8O2.C7H4F4.C7H8/c1-11-7-9-13(10-8-11)14(15(17,18)19,16(20,21)22)12-5-3-2-4-6-12;1-3-8(16)12(20)7(13(21)9(3)17)6-10(18)4(14)2-5(15)11(6)19;1-11-7-9-13(10-8-11)12-5-3-2-4-6-12;1-6-3-2-4-7(5-6)8(9)10;1-3-6(10)4(8)2-5(9)7(3)11;1-7-5-3-2-4-6-7/h2-10H,1H3;2H,1H3;2-10H,1H3;2-5H,1H3,(H,9,10);2H,1H3;2-6H,1H3. The average Bonchev–Trinajstić information content (AvgIpc) is 3.25. The molecule has 0 heterocycles. The van der Waals surface area contributed by atoms with Gasteiger partial charge in [-0.15, -0.1) is 0 Å². The Kier molecular flexibility index (Phi) is 23.7. The maximum atomic E-state index is 13.7. The lowest BCUT2D eigenvalue weighted by Gasteiger charge is -2.38. The monoisotopic (exact) mass is 1190 g/mol. The zero-order chi connectivity index (χ0) is 63.0. The summed E-state index contributed by atoms with van der Waals surface area (Å²) in [5.41, 5.74) is -4.08. The van der Waals surface area contributed by atoms with Crippen molar-refractivity contribution in [3.05, 3.63) is 296 Å². The topological polar surface area (TPSA) is 37.3 Å². The second-order valence-electron chi connectivity index (χ2n) is 18.2. The van der Waals surface area contributed by atoms with Gasteiger partial charge in [0.2, 0.25) is 5.41 Å². The van der Waals surface area contributed by atoms with Crippen LogP contribution < -0.4 is 0 Å². The second kappa shape index (κ2) is 29.4. The fourth-order valence-electron chi connectivity index (χ4n) is 7.61. The maximum absolute atomic E-state index is 13.7. The van der Waals surface area contributed by atoms with E-state index in [0.717, 1.165) is 48.9 Å². The molecule has 0 atom stereocenters. The Morgan fingerprint density at radius 1 is 0.321 bits per heavy atom. The van der Waals surface area contributed by atoms with E-state index in [-0.39, 0.29) is 12.1 Å². The number of carbonyl (C=O) groups is 1. The van der Waals surface area contributed by atoms with Crippen LogP contribution in [0.2, 0.25) is 0 Å². The first kappa shape index (κ1) is 67.7. The van der Waals surface area contributed by atoms with E-state index in [1.165, 1.54) is 40.5 Å². The van der Waals surface area contributed by atoms with Gasteiger partial charge in [0.1, 0.15) is 0 Å². The van der Waals surface area contributed by atoms with Crippen molar-refractivity contribution in [1.29, 1.82) is 0 Å². The van der Waals surface area contributed by atoms with Gasteiger partial charge in [-0.25, -0.2) is 57.5 Å². The molecule has 0 saturated heterocycles. The van der Waals surface area contributed by atoms with Crippen molar-refractivity contribution in [2.45, 2.75) is 59.3 Å². The number of alkyl halides is 6. The highest BCUT2D eigenvalue weighted by Gasteiger charge is 2.72. The van der Waals surface area contributed by atoms with E-state index in [2.05, 4.69) is 74.5 Å². The average molecular weight is 1190 g/mol. The first-order chi connectivity index (χ1) is 39.3. The van der Waals surface area contributed by atoms with Gasteiger partial charge in [-0.2, -0.15) is 26.3 Å². The summed E-state index contributed by atoms with van der Waals surface area (Å²) in [5.74, 6) is -22.8. The van der Waals surface area contributed by atoms with Crippen molar-refractivity contribution in [3.8, 4) is 22.3 Å². The van der Waals surface area contributed by atoms with E-state index in [4.69, 9.17) is 5.11 Å². The minimum absolute atomic E-state index is 0.178. The van der Waals surface area contributed by atoms with Crippen molar-refractivity contribution in [3.63, 3.8) is 0 Å². The smallest absolute Gasteiger partial charge is 0.411 e. The van der Waals surface area contributed by atoms with Gasteiger partial charge in [-0.1, -0.05) is 174 Å². The Morgan fingerprint density at radius 3 is 1.01 bits per heavy atom. The molecule has 0 unspecified atom stereocenters. The lowest BCUT2D eigenvalue weighted by molar-refractivity contribution is -0.288. The number of aromatic carboxylic acids is 1. The van der Waals surface area contributed by atoms with Crippen molar-refractivity contribution in [2.24, 2.45) is 0 Å². The summed E-state index contributed by atoms with van der Waals surface area (Å²) in [6, 6.07) is 45.7. The van der Waals surface area contributed by atoms with Gasteiger partial charge in [0, 0.05) is 23.3 Å². The van der Waals surface area contributed by atoms with Crippen molar-refractivity contribution >= 4 is 5.97 Å². The number of rotatable bonds is 5. The highest BCUT2D eigenvalue weighted by atomic mass is 19.4. The number of halogens is 18. The molecule has 0 saturated carbocycles. The first-order valence-corrected chi connectivity index (χ1v) is 24.4. The van der Waals surface area contributed by atoms with Crippen LogP contribution in [-0.4, -0.2) is 23.4 Å². The van der Waals surface area contributed by atoms with Gasteiger partial charge in [0.05, 0.1) is 16.7 Å². The number of carboxylic acids is 1. The molecule has 0 amide bonds. The SMILES string of the molecule is Cc1c(F)c(F)c(-c2c(F)c(F)cc(F)c2F)c(F)c1F.Cc1c(F)c(F)cc(F)c1F.Cc1ccc(-c2ccccc2)cc1.Cc1ccc(C(c2ccccc2)(C(F)(F)F)C(F)(F)F)cc1.Cc1cccc(C(=O)O)c1.Cc1ccccc1. The molecule has 0 aliphatic heterocycles. The number of aryl methyl sites for hydroxylation is 4. The van der Waals surface area contributed by atoms with Crippen LogP contribution in [0.5, 0.6) is 0 Å². The maximum Gasteiger partial charge on any atom is 0.411 e. The molecule has 84 heavy (non-hydrogen) atoms. The third-order valence-corrected chi connectivity index (χ3v) is 12.1. The minimum Gasteiger partial charge on any atom is -0.478 e. The molecule has 0 aromatic heterocycles. The quantitative estimate of drug-likeness (QED) is 0.138. The number of hydrogen-bond donors (Lipinski definition) is 1. The molecule has 1 N–H and O–H groups in total. The summed E-state index contributed by atoms with van der Waals surface area (Å²) in [6.45, 7) is 9.30. The third kappa shape index (κ3) is 16.7. The number of benzene rings is 9. The van der Waals surface area contributed by atoms with Crippen LogP contribution in [0.1, 0.15) is 54.9 Å². The highest BCUT2D eigenvalue weighted by Crippen LogP contribution is 2.56. The van der Waals surface area contributed by atoms with Crippen LogP contribution in [0.3, 0.4) is 0 Å². The molecule has 20 heteroatoms. The van der Waals surface area contributed by atoms with E-state index >= 15 is 0 Å². The molecule has 0 spiro atoms. The Hall–Kier alpha value is -8.81. The van der Waals surface area contributed by atoms with Gasteiger partial charge < -0.3 is 5.11 Å². The largest absolute Gasteiger partial charge is 0.478 e. The zero-order valence-corrected chi connectivity index (χ0v) is 44.9. The minimum atomic E-state index is -5.53. The summed E-state index contributed by atoms with van der Waals surface area (Å²) < 4.78 is 238. The van der Waals surface area contributed by atoms with Crippen molar-refractivity contribution < 1.29 is 88.9 Å². The highest BCUT2D eigenvalue weighted by molar-refractivity contribution is 5.87. The molecule has 442 valence electrons. The Morgan fingerprint density at radius 2 is 0.643 bits per heavy atom. The van der Waals surface area contributed by atoms with Crippen LogP contribution in [-0.2, 0) is 5.41 Å². The predicted molar refractivity (Wildman–Crippen MR) is 284 cm³/mol. The summed E-state index contributed by atoms with van der Waals surface area (Å²) in [6.07, 6.45) is -11.1. The third-order valence-electron chi connectivity index (χ3n) is 12.1. The van der Waals surface area contributed by atoms with Gasteiger partial charge in [-0.3, -0.25) is 0 Å². The molecule has 9 aromatic rings. The summed E-state index contributed by atoms with van der Waals surface area (Å²) in [7, 11) is 0. The fraction of sp³-hybridized carbons (Fsp3) is 0.141. The molecule has 2 nitrogen and oxygen atoms in total. The van der Waals surface area contributed by atoms with E-state index < -0.39 is 127 Å².